The number of hydrogen-bond acceptors (Lipinski definition) is 3. The average Bonchev–Trinajstić information content (AvgIpc) is 3.27. The molecule has 4 nitrogen and oxygen atoms in total. The molecule has 3 N–H and O–H groups in total. The van der Waals surface area contributed by atoms with Crippen LogP contribution in [-0.2, 0) is 0 Å². The van der Waals surface area contributed by atoms with Gasteiger partial charge in [-0.15, -0.1) is 0 Å². The Kier molecular flexibility index (Phi) is 9.72. The van der Waals surface area contributed by atoms with Crippen LogP contribution in [0, 0.1) is 0 Å². The highest BCUT2D eigenvalue weighted by atomic mass is 35.5. The summed E-state index contributed by atoms with van der Waals surface area (Å²) in [6.07, 6.45) is 7.14. The first-order valence-corrected chi connectivity index (χ1v) is 9.05. The van der Waals surface area contributed by atoms with Gasteiger partial charge in [-0.1, -0.05) is 44.4 Å². The molecule has 1 aromatic carbocycles. The van der Waals surface area contributed by atoms with Crippen molar-refractivity contribution in [1.82, 2.24) is 10.6 Å². The summed E-state index contributed by atoms with van der Waals surface area (Å²) in [5.41, 5.74) is 0.249. The fraction of sp³-hybridized carbons (Fsp3) is 0.611. The van der Waals surface area contributed by atoms with Gasteiger partial charge in [0.05, 0.1) is 10.6 Å². The van der Waals surface area contributed by atoms with Crippen molar-refractivity contribution >= 4 is 17.5 Å². The van der Waals surface area contributed by atoms with Gasteiger partial charge in [-0.25, -0.2) is 0 Å². The molecule has 0 radical (unpaired) electrons. The fourth-order valence-electron chi connectivity index (χ4n) is 2.66. The van der Waals surface area contributed by atoms with Crippen LogP contribution in [-0.4, -0.2) is 30.1 Å². The van der Waals surface area contributed by atoms with E-state index < -0.39 is 0 Å². The Morgan fingerprint density at radius 2 is 1.78 bits per heavy atom. The van der Waals surface area contributed by atoms with Gasteiger partial charge in [-0.05, 0) is 50.9 Å². The number of carbonyl (C=O) groups excluding carboxylic acids is 1. The number of amides is 1. The number of carbonyl (C=O) groups is 1. The van der Waals surface area contributed by atoms with Crippen LogP contribution in [0.3, 0.4) is 0 Å². The zero-order valence-electron chi connectivity index (χ0n) is 14.2. The Morgan fingerprint density at radius 3 is 2.30 bits per heavy atom. The van der Waals surface area contributed by atoms with Crippen LogP contribution in [0.5, 0.6) is 5.75 Å². The maximum Gasteiger partial charge on any atom is 0.255 e. The first-order valence-electron chi connectivity index (χ1n) is 8.67. The van der Waals surface area contributed by atoms with Gasteiger partial charge in [-0.2, -0.15) is 0 Å². The third kappa shape index (κ3) is 6.80. The van der Waals surface area contributed by atoms with Crippen LogP contribution in [0.4, 0.5) is 0 Å². The summed E-state index contributed by atoms with van der Waals surface area (Å²) in [4.78, 5) is 11.8. The standard InChI is InChI=1S/C12H14ClNO2.C4H9N.C2H6/c13-10-7-3-6-9(11(10)15)12(16)14-8-4-1-2-5-8;1-2-4-5-3-1;1-2/h3,6-8,15H,1-2,4-5H2,(H,14,16);5H,1-4H2;1-2H3. The van der Waals surface area contributed by atoms with E-state index >= 15 is 0 Å². The molecule has 1 aliphatic carbocycles. The van der Waals surface area contributed by atoms with Crippen molar-refractivity contribution in [2.24, 2.45) is 0 Å². The van der Waals surface area contributed by atoms with Crippen molar-refractivity contribution in [3.8, 4) is 5.75 Å². The summed E-state index contributed by atoms with van der Waals surface area (Å²) in [5.74, 6) is -0.383. The number of aromatic hydroxyl groups is 1. The molecule has 3 rings (SSSR count). The Bertz CT molecular complexity index is 462. The molecule has 0 spiro atoms. The fourth-order valence-corrected chi connectivity index (χ4v) is 2.83. The number of benzene rings is 1. The van der Waals surface area contributed by atoms with E-state index in [1.807, 2.05) is 13.8 Å². The van der Waals surface area contributed by atoms with E-state index in [-0.39, 0.29) is 28.3 Å². The minimum Gasteiger partial charge on any atom is -0.506 e. The van der Waals surface area contributed by atoms with Crippen LogP contribution in [0.15, 0.2) is 18.2 Å². The Balaban J connectivity index is 0.000000317. The molecule has 0 aromatic heterocycles. The SMILES string of the molecule is C1CCNC1.CC.O=C(NC1CCCC1)c1cccc(Cl)c1O. The summed E-state index contributed by atoms with van der Waals surface area (Å²) < 4.78 is 0. The molecule has 2 fully saturated rings. The molecule has 1 aromatic rings. The van der Waals surface area contributed by atoms with Crippen LogP contribution in [0.2, 0.25) is 5.02 Å². The van der Waals surface area contributed by atoms with E-state index in [0.29, 0.717) is 0 Å². The molecule has 1 aliphatic heterocycles. The first kappa shape index (κ1) is 19.8. The van der Waals surface area contributed by atoms with E-state index in [1.165, 1.54) is 25.9 Å². The molecule has 130 valence electrons. The van der Waals surface area contributed by atoms with Crippen molar-refractivity contribution in [3.05, 3.63) is 28.8 Å². The number of phenols is 1. The molecular formula is C18H29ClN2O2. The smallest absolute Gasteiger partial charge is 0.255 e. The third-order valence-electron chi connectivity index (χ3n) is 3.88. The molecule has 2 aliphatic rings. The van der Waals surface area contributed by atoms with Gasteiger partial charge in [0.2, 0.25) is 0 Å². The average molecular weight is 341 g/mol. The van der Waals surface area contributed by atoms with E-state index in [1.54, 1.807) is 18.2 Å². The summed E-state index contributed by atoms with van der Waals surface area (Å²) in [6, 6.07) is 5.03. The number of halogens is 1. The van der Waals surface area contributed by atoms with Gasteiger partial charge in [0.1, 0.15) is 5.75 Å². The van der Waals surface area contributed by atoms with Gasteiger partial charge in [-0.3, -0.25) is 4.79 Å². The topological polar surface area (TPSA) is 61.4 Å². The normalized spacial score (nSPS) is 16.8. The zero-order valence-corrected chi connectivity index (χ0v) is 15.0. The van der Waals surface area contributed by atoms with Crippen molar-refractivity contribution in [3.63, 3.8) is 0 Å². The molecular weight excluding hydrogens is 312 g/mol. The van der Waals surface area contributed by atoms with Gasteiger partial charge in [0, 0.05) is 6.04 Å². The molecule has 23 heavy (non-hydrogen) atoms. The summed E-state index contributed by atoms with van der Waals surface area (Å²) >= 11 is 5.74. The molecule has 5 heteroatoms. The number of nitrogens with one attached hydrogen (secondary N) is 2. The molecule has 1 amide bonds. The largest absolute Gasteiger partial charge is 0.506 e. The highest BCUT2D eigenvalue weighted by molar-refractivity contribution is 6.32. The Labute approximate surface area is 144 Å². The summed E-state index contributed by atoms with van der Waals surface area (Å²) in [5, 5.41) is 16.0. The maximum absolute atomic E-state index is 11.8. The van der Waals surface area contributed by atoms with Crippen molar-refractivity contribution in [2.45, 2.75) is 58.4 Å². The first-order chi connectivity index (χ1) is 11.2. The van der Waals surface area contributed by atoms with Gasteiger partial charge >= 0.3 is 0 Å². The quantitative estimate of drug-likeness (QED) is 0.759. The minimum absolute atomic E-state index is 0.139. The molecule has 1 heterocycles. The summed E-state index contributed by atoms with van der Waals surface area (Å²) in [7, 11) is 0. The van der Waals surface area contributed by atoms with E-state index in [4.69, 9.17) is 11.6 Å². The van der Waals surface area contributed by atoms with Crippen LogP contribution < -0.4 is 10.6 Å². The molecule has 0 atom stereocenters. The molecule has 0 unspecified atom stereocenters. The number of hydrogen-bond donors (Lipinski definition) is 3. The van der Waals surface area contributed by atoms with Gasteiger partial charge < -0.3 is 15.7 Å². The lowest BCUT2D eigenvalue weighted by molar-refractivity contribution is 0.0935. The third-order valence-corrected chi connectivity index (χ3v) is 4.18. The van der Waals surface area contributed by atoms with Gasteiger partial charge in [0.25, 0.3) is 5.91 Å². The number of phenolic OH excluding ortho intramolecular Hbond substituents is 1. The summed E-state index contributed by atoms with van der Waals surface area (Å²) in [6.45, 7) is 6.50. The maximum atomic E-state index is 11.8. The molecule has 1 saturated carbocycles. The van der Waals surface area contributed by atoms with Gasteiger partial charge in [0.15, 0.2) is 0 Å². The lowest BCUT2D eigenvalue weighted by Gasteiger charge is -2.12. The number of rotatable bonds is 2. The Morgan fingerprint density at radius 1 is 1.17 bits per heavy atom. The lowest BCUT2D eigenvalue weighted by Crippen LogP contribution is -2.32. The second-order valence-corrected chi connectivity index (χ2v) is 5.96. The van der Waals surface area contributed by atoms with Crippen molar-refractivity contribution in [2.75, 3.05) is 13.1 Å². The molecule has 1 saturated heterocycles. The van der Waals surface area contributed by atoms with Crippen LogP contribution in [0.25, 0.3) is 0 Å². The van der Waals surface area contributed by atoms with Crippen molar-refractivity contribution < 1.29 is 9.90 Å². The van der Waals surface area contributed by atoms with Crippen LogP contribution >= 0.6 is 11.6 Å². The highest BCUT2D eigenvalue weighted by Crippen LogP contribution is 2.27. The molecule has 0 bridgehead atoms. The predicted octanol–water partition coefficient (Wildman–Crippen LogP) is 4.11. The highest BCUT2D eigenvalue weighted by Gasteiger charge is 2.20. The monoisotopic (exact) mass is 340 g/mol. The van der Waals surface area contributed by atoms with Crippen molar-refractivity contribution in [1.29, 1.82) is 0 Å². The second-order valence-electron chi connectivity index (χ2n) is 5.55. The predicted molar refractivity (Wildman–Crippen MR) is 96.3 cm³/mol. The Hall–Kier alpha value is -1.26. The second kappa shape index (κ2) is 11.3. The van der Waals surface area contributed by atoms with E-state index in [2.05, 4.69) is 10.6 Å². The minimum atomic E-state index is -0.244. The lowest BCUT2D eigenvalue weighted by atomic mass is 10.1. The number of para-hydroxylation sites is 1. The van der Waals surface area contributed by atoms with Crippen LogP contribution in [0.1, 0.15) is 62.7 Å². The zero-order chi connectivity index (χ0) is 17.1. The van der Waals surface area contributed by atoms with E-state index in [0.717, 1.165) is 25.7 Å². The van der Waals surface area contributed by atoms with E-state index in [9.17, 15) is 9.90 Å².